The first-order valence-corrected chi connectivity index (χ1v) is 7.71. The zero-order valence-electron chi connectivity index (χ0n) is 14.7. The third-order valence-electron chi connectivity index (χ3n) is 3.83. The highest BCUT2D eigenvalue weighted by molar-refractivity contribution is 6.08. The van der Waals surface area contributed by atoms with E-state index in [4.69, 9.17) is 14.6 Å². The molecule has 0 radical (unpaired) electrons. The van der Waals surface area contributed by atoms with E-state index < -0.39 is 17.8 Å². The first kappa shape index (κ1) is 19.3. The molecule has 2 N–H and O–H groups in total. The number of ether oxygens (including phenoxy) is 3. The van der Waals surface area contributed by atoms with Gasteiger partial charge in [-0.3, -0.25) is 4.79 Å². The number of nitrogens with one attached hydrogen (secondary N) is 1. The molecular formula is C17H20N2O7. The number of benzene rings is 1. The minimum absolute atomic E-state index is 0.0335. The fourth-order valence-electron chi connectivity index (χ4n) is 2.54. The maximum Gasteiger partial charge on any atom is 0.341 e. The van der Waals surface area contributed by atoms with Crippen LogP contribution >= 0.6 is 0 Å². The Kier molecular flexibility index (Phi) is 6.18. The van der Waals surface area contributed by atoms with Gasteiger partial charge in [0.2, 0.25) is 0 Å². The molecule has 1 amide bonds. The molecule has 0 aromatic heterocycles. The van der Waals surface area contributed by atoms with Gasteiger partial charge in [0.1, 0.15) is 17.0 Å². The van der Waals surface area contributed by atoms with Crippen molar-refractivity contribution in [2.45, 2.75) is 0 Å². The second kappa shape index (κ2) is 8.34. The second-order valence-corrected chi connectivity index (χ2v) is 5.33. The molecule has 0 aliphatic carbocycles. The number of carbonyl (C=O) groups excluding carboxylic acids is 3. The minimum atomic E-state index is -0.639. The van der Waals surface area contributed by atoms with Crippen LogP contribution in [0.3, 0.4) is 0 Å². The molecule has 0 fully saturated rings. The molecule has 1 heterocycles. The zero-order valence-corrected chi connectivity index (χ0v) is 14.7. The number of methoxy groups -OCH3 is 3. The van der Waals surface area contributed by atoms with Crippen molar-refractivity contribution in [3.8, 4) is 5.75 Å². The summed E-state index contributed by atoms with van der Waals surface area (Å²) in [6.45, 7) is -0.101. The lowest BCUT2D eigenvalue weighted by Gasteiger charge is -2.15. The number of hydrogen-bond acceptors (Lipinski definition) is 8. The molecule has 0 unspecified atom stereocenters. The molecule has 0 saturated carbocycles. The van der Waals surface area contributed by atoms with Crippen molar-refractivity contribution in [1.82, 2.24) is 4.90 Å². The Bertz CT molecular complexity index is 757. The average molecular weight is 364 g/mol. The van der Waals surface area contributed by atoms with Gasteiger partial charge in [0, 0.05) is 18.3 Å². The first-order valence-electron chi connectivity index (χ1n) is 7.71. The molecule has 0 atom stereocenters. The van der Waals surface area contributed by atoms with E-state index in [2.05, 4.69) is 10.1 Å². The Labute approximate surface area is 150 Å². The van der Waals surface area contributed by atoms with Crippen LogP contribution in [0.15, 0.2) is 29.5 Å². The van der Waals surface area contributed by atoms with Gasteiger partial charge < -0.3 is 29.5 Å². The predicted octanol–water partition coefficient (Wildman–Crippen LogP) is 0.155. The summed E-state index contributed by atoms with van der Waals surface area (Å²) in [5, 5.41) is 11.9. The Morgan fingerprint density at radius 1 is 1.19 bits per heavy atom. The molecule has 26 heavy (non-hydrogen) atoms. The number of hydrogen-bond donors (Lipinski definition) is 2. The first-order chi connectivity index (χ1) is 12.5. The minimum Gasteiger partial charge on any atom is -0.496 e. The fraction of sp³-hybridized carbons (Fsp3) is 0.353. The summed E-state index contributed by atoms with van der Waals surface area (Å²) in [5.41, 5.74) is 0.868. The lowest BCUT2D eigenvalue weighted by molar-refractivity contribution is -0.136. The third-order valence-corrected chi connectivity index (χ3v) is 3.83. The van der Waals surface area contributed by atoms with E-state index >= 15 is 0 Å². The SMILES string of the molecule is COC(=O)C1=C(Nc2ccc(C(=O)OC)c(OC)c2)C(=O)N(CCO)C1. The van der Waals surface area contributed by atoms with Crippen molar-refractivity contribution in [2.75, 3.05) is 46.3 Å². The smallest absolute Gasteiger partial charge is 0.341 e. The van der Waals surface area contributed by atoms with Gasteiger partial charge in [-0.25, -0.2) is 9.59 Å². The molecule has 0 bridgehead atoms. The van der Waals surface area contributed by atoms with Gasteiger partial charge >= 0.3 is 11.9 Å². The lowest BCUT2D eigenvalue weighted by Crippen LogP contribution is -2.31. The van der Waals surface area contributed by atoms with Crippen LogP contribution in [0.1, 0.15) is 10.4 Å². The standard InChI is InChI=1S/C17H20N2O7/c1-24-13-8-10(4-5-11(13)16(22)25-2)18-14-12(17(23)26-3)9-19(6-7-20)15(14)21/h4-5,8,18,20H,6-7,9H2,1-3H3. The van der Waals surface area contributed by atoms with Crippen LogP contribution in [-0.4, -0.2) is 68.9 Å². The van der Waals surface area contributed by atoms with Crippen molar-refractivity contribution in [1.29, 1.82) is 0 Å². The van der Waals surface area contributed by atoms with Crippen LogP contribution in [0.25, 0.3) is 0 Å². The quantitative estimate of drug-likeness (QED) is 0.658. The number of anilines is 1. The number of β-amino-alcohol motifs (C(OH)–C–C–N with tert-alkyl or cyclic N) is 1. The summed E-state index contributed by atoms with van der Waals surface area (Å²) in [6, 6.07) is 4.55. The highest BCUT2D eigenvalue weighted by atomic mass is 16.5. The van der Waals surface area contributed by atoms with Gasteiger partial charge in [-0.2, -0.15) is 0 Å². The number of amides is 1. The third kappa shape index (κ3) is 3.77. The predicted molar refractivity (Wildman–Crippen MR) is 90.7 cm³/mol. The number of esters is 2. The topological polar surface area (TPSA) is 114 Å². The molecule has 140 valence electrons. The van der Waals surface area contributed by atoms with Crippen LogP contribution in [0.2, 0.25) is 0 Å². The average Bonchev–Trinajstić information content (AvgIpc) is 2.96. The number of carbonyl (C=O) groups is 3. The second-order valence-electron chi connectivity index (χ2n) is 5.33. The Balaban J connectivity index is 2.36. The Morgan fingerprint density at radius 2 is 1.88 bits per heavy atom. The zero-order chi connectivity index (χ0) is 19.3. The normalized spacial score (nSPS) is 13.7. The van der Waals surface area contributed by atoms with Gasteiger partial charge in [0.15, 0.2) is 0 Å². The van der Waals surface area contributed by atoms with Gasteiger partial charge in [-0.15, -0.1) is 0 Å². The number of nitrogens with zero attached hydrogens (tertiary/aromatic N) is 1. The van der Waals surface area contributed by atoms with Crippen molar-refractivity contribution >= 4 is 23.5 Å². The molecule has 1 aliphatic rings. The monoisotopic (exact) mass is 364 g/mol. The van der Waals surface area contributed by atoms with Gasteiger partial charge in [0.05, 0.1) is 40.1 Å². The number of aliphatic hydroxyl groups excluding tert-OH is 1. The van der Waals surface area contributed by atoms with E-state index in [1.54, 1.807) is 6.07 Å². The molecular weight excluding hydrogens is 344 g/mol. The van der Waals surface area contributed by atoms with Crippen LogP contribution in [0.5, 0.6) is 5.75 Å². The molecule has 2 rings (SSSR count). The molecule has 0 spiro atoms. The van der Waals surface area contributed by atoms with E-state index in [1.807, 2.05) is 0 Å². The van der Waals surface area contributed by atoms with Crippen LogP contribution < -0.4 is 10.1 Å². The van der Waals surface area contributed by atoms with Gasteiger partial charge in [-0.05, 0) is 12.1 Å². The van der Waals surface area contributed by atoms with Gasteiger partial charge in [-0.1, -0.05) is 0 Å². The summed E-state index contributed by atoms with van der Waals surface area (Å²) < 4.78 is 14.6. The molecule has 0 saturated heterocycles. The highest BCUT2D eigenvalue weighted by Crippen LogP contribution is 2.27. The van der Waals surface area contributed by atoms with E-state index in [0.717, 1.165) is 0 Å². The number of rotatable bonds is 7. The molecule has 9 nitrogen and oxygen atoms in total. The Hall–Kier alpha value is -3.07. The lowest BCUT2D eigenvalue weighted by atomic mass is 10.1. The summed E-state index contributed by atoms with van der Waals surface area (Å²) in [6.07, 6.45) is 0. The molecule has 1 aromatic carbocycles. The molecule has 1 aromatic rings. The summed E-state index contributed by atoms with van der Waals surface area (Å²) in [4.78, 5) is 37.5. The van der Waals surface area contributed by atoms with E-state index in [1.165, 1.54) is 38.4 Å². The van der Waals surface area contributed by atoms with Crippen LogP contribution in [0, 0.1) is 0 Å². The van der Waals surface area contributed by atoms with E-state index in [9.17, 15) is 14.4 Å². The van der Waals surface area contributed by atoms with Crippen molar-refractivity contribution in [3.63, 3.8) is 0 Å². The van der Waals surface area contributed by atoms with Crippen LogP contribution in [0.4, 0.5) is 5.69 Å². The number of aliphatic hydroxyl groups is 1. The largest absolute Gasteiger partial charge is 0.496 e. The summed E-state index contributed by atoms with van der Waals surface area (Å²) in [5.74, 6) is -1.39. The van der Waals surface area contributed by atoms with Crippen molar-refractivity contribution < 1.29 is 33.7 Å². The van der Waals surface area contributed by atoms with Crippen LogP contribution in [-0.2, 0) is 19.1 Å². The summed E-state index contributed by atoms with van der Waals surface area (Å²) >= 11 is 0. The molecule has 1 aliphatic heterocycles. The van der Waals surface area contributed by atoms with Crippen molar-refractivity contribution in [3.05, 3.63) is 35.0 Å². The summed E-state index contributed by atoms with van der Waals surface area (Å²) in [7, 11) is 3.88. The highest BCUT2D eigenvalue weighted by Gasteiger charge is 2.34. The van der Waals surface area contributed by atoms with Crippen molar-refractivity contribution in [2.24, 2.45) is 0 Å². The fourth-order valence-corrected chi connectivity index (χ4v) is 2.54. The van der Waals surface area contributed by atoms with E-state index in [0.29, 0.717) is 5.69 Å². The Morgan fingerprint density at radius 3 is 2.46 bits per heavy atom. The van der Waals surface area contributed by atoms with Gasteiger partial charge in [0.25, 0.3) is 5.91 Å². The maximum atomic E-state index is 12.5. The maximum absolute atomic E-state index is 12.5. The van der Waals surface area contributed by atoms with E-state index in [-0.39, 0.29) is 42.3 Å². The molecule has 9 heteroatoms.